The minimum absolute atomic E-state index is 0.188. The molecule has 0 aliphatic carbocycles. The Morgan fingerprint density at radius 1 is 1.71 bits per heavy atom. The Labute approximate surface area is 105 Å². The molecule has 2 heterocycles. The van der Waals surface area contributed by atoms with Gasteiger partial charge in [-0.05, 0) is 31.8 Å². The molecule has 1 N–H and O–H groups in total. The summed E-state index contributed by atoms with van der Waals surface area (Å²) >= 11 is 1.47. The van der Waals surface area contributed by atoms with Gasteiger partial charge in [0.2, 0.25) is 0 Å². The summed E-state index contributed by atoms with van der Waals surface area (Å²) in [4.78, 5) is 17.4. The molecule has 1 aliphatic rings. The van der Waals surface area contributed by atoms with Gasteiger partial charge >= 0.3 is 5.97 Å². The molecule has 0 aromatic carbocycles. The first-order chi connectivity index (χ1) is 8.19. The second-order valence-corrected chi connectivity index (χ2v) is 5.48. The van der Waals surface area contributed by atoms with E-state index in [1.807, 2.05) is 0 Å². The average molecular weight is 254 g/mol. The molecule has 0 amide bonds. The van der Waals surface area contributed by atoms with Crippen molar-refractivity contribution in [2.75, 3.05) is 19.6 Å². The van der Waals surface area contributed by atoms with E-state index in [9.17, 15) is 4.79 Å². The minimum atomic E-state index is -0.925. The summed E-state index contributed by atoms with van der Waals surface area (Å²) < 4.78 is 0. The molecule has 0 bridgehead atoms. The van der Waals surface area contributed by atoms with Crippen LogP contribution < -0.4 is 0 Å². The lowest BCUT2D eigenvalue weighted by atomic mass is 9.95. The maximum Gasteiger partial charge on any atom is 0.355 e. The fourth-order valence-corrected chi connectivity index (χ4v) is 3.24. The van der Waals surface area contributed by atoms with Crippen LogP contribution in [0.1, 0.15) is 35.3 Å². The minimum Gasteiger partial charge on any atom is -0.476 e. The number of piperidine rings is 1. The molecule has 1 aliphatic heterocycles. The average Bonchev–Trinajstić information content (AvgIpc) is 2.78. The molecule has 94 valence electrons. The van der Waals surface area contributed by atoms with E-state index in [0.29, 0.717) is 5.92 Å². The van der Waals surface area contributed by atoms with Crippen molar-refractivity contribution in [2.24, 2.45) is 5.92 Å². The maximum atomic E-state index is 10.7. The molecular weight excluding hydrogens is 236 g/mol. The molecule has 4 nitrogen and oxygen atoms in total. The third kappa shape index (κ3) is 3.26. The number of thiazole rings is 1. The summed E-state index contributed by atoms with van der Waals surface area (Å²) in [6, 6.07) is 0. The van der Waals surface area contributed by atoms with E-state index in [2.05, 4.69) is 16.8 Å². The van der Waals surface area contributed by atoms with Crippen molar-refractivity contribution >= 4 is 17.3 Å². The molecule has 1 saturated heterocycles. The first-order valence-electron chi connectivity index (χ1n) is 6.09. The van der Waals surface area contributed by atoms with E-state index in [1.165, 1.54) is 30.7 Å². The third-order valence-corrected chi connectivity index (χ3v) is 4.16. The highest BCUT2D eigenvalue weighted by Crippen LogP contribution is 2.22. The van der Waals surface area contributed by atoms with Crippen LogP contribution in [0.3, 0.4) is 0 Å². The van der Waals surface area contributed by atoms with Crippen LogP contribution >= 0.6 is 11.3 Å². The zero-order chi connectivity index (χ0) is 12.3. The Bertz CT molecular complexity index is 392. The predicted molar refractivity (Wildman–Crippen MR) is 67.6 cm³/mol. The first kappa shape index (κ1) is 12.5. The summed E-state index contributed by atoms with van der Waals surface area (Å²) in [7, 11) is 0. The number of hydrogen-bond donors (Lipinski definition) is 1. The molecule has 1 unspecified atom stereocenters. The number of carboxylic acid groups (broad SMARTS) is 1. The summed E-state index contributed by atoms with van der Waals surface area (Å²) in [6.45, 7) is 5.62. The number of rotatable bonds is 4. The smallest absolute Gasteiger partial charge is 0.355 e. The van der Waals surface area contributed by atoms with Crippen LogP contribution in [0.5, 0.6) is 0 Å². The van der Waals surface area contributed by atoms with E-state index in [0.717, 1.165) is 24.5 Å². The zero-order valence-corrected chi connectivity index (χ0v) is 10.9. The fourth-order valence-electron chi connectivity index (χ4n) is 2.35. The van der Waals surface area contributed by atoms with E-state index >= 15 is 0 Å². The first-order valence-corrected chi connectivity index (χ1v) is 6.97. The van der Waals surface area contributed by atoms with E-state index in [4.69, 9.17) is 5.11 Å². The Morgan fingerprint density at radius 3 is 3.18 bits per heavy atom. The Hall–Kier alpha value is -0.940. The molecule has 17 heavy (non-hydrogen) atoms. The maximum absolute atomic E-state index is 10.7. The second-order valence-electron chi connectivity index (χ2n) is 4.54. The monoisotopic (exact) mass is 254 g/mol. The van der Waals surface area contributed by atoms with Crippen molar-refractivity contribution in [1.82, 2.24) is 9.88 Å². The highest BCUT2D eigenvalue weighted by Gasteiger charge is 2.20. The number of carboxylic acids is 1. The number of aromatic nitrogens is 1. The second kappa shape index (κ2) is 5.60. The number of likely N-dealkylation sites (tertiary alicyclic amines) is 1. The van der Waals surface area contributed by atoms with Gasteiger partial charge in [0, 0.05) is 18.3 Å². The van der Waals surface area contributed by atoms with Crippen molar-refractivity contribution < 1.29 is 9.90 Å². The summed E-state index contributed by atoms with van der Waals surface area (Å²) in [5.74, 6) is -0.289. The van der Waals surface area contributed by atoms with E-state index in [1.54, 1.807) is 5.38 Å². The highest BCUT2D eigenvalue weighted by molar-refractivity contribution is 7.09. The topological polar surface area (TPSA) is 53.4 Å². The number of aromatic carboxylic acids is 1. The van der Waals surface area contributed by atoms with Gasteiger partial charge in [0.1, 0.15) is 0 Å². The number of carbonyl (C=O) groups is 1. The van der Waals surface area contributed by atoms with Crippen molar-refractivity contribution in [3.63, 3.8) is 0 Å². The van der Waals surface area contributed by atoms with E-state index < -0.39 is 5.97 Å². The molecular formula is C12H18N2O2S. The molecule has 1 fully saturated rings. The van der Waals surface area contributed by atoms with Crippen molar-refractivity contribution in [3.05, 3.63) is 16.1 Å². The molecule has 1 aromatic rings. The predicted octanol–water partition coefficient (Wildman–Crippen LogP) is 2.12. The van der Waals surface area contributed by atoms with Crippen LogP contribution in [-0.4, -0.2) is 40.6 Å². The normalized spacial score (nSPS) is 21.6. The third-order valence-electron chi connectivity index (χ3n) is 3.28. The lowest BCUT2D eigenvalue weighted by Gasteiger charge is -2.31. The van der Waals surface area contributed by atoms with Gasteiger partial charge in [-0.3, -0.25) is 0 Å². The largest absolute Gasteiger partial charge is 0.476 e. The van der Waals surface area contributed by atoms with Crippen molar-refractivity contribution in [2.45, 2.75) is 26.2 Å². The fraction of sp³-hybridized carbons (Fsp3) is 0.667. The number of nitrogens with zero attached hydrogens (tertiary/aromatic N) is 2. The van der Waals surface area contributed by atoms with Gasteiger partial charge in [-0.1, -0.05) is 6.92 Å². The Balaban J connectivity index is 1.93. The Kier molecular flexibility index (Phi) is 4.12. The zero-order valence-electron chi connectivity index (χ0n) is 10.1. The Morgan fingerprint density at radius 2 is 2.53 bits per heavy atom. The van der Waals surface area contributed by atoms with Gasteiger partial charge in [0.25, 0.3) is 0 Å². The lowest BCUT2D eigenvalue weighted by Crippen LogP contribution is -2.35. The van der Waals surface area contributed by atoms with Crippen molar-refractivity contribution in [1.29, 1.82) is 0 Å². The molecule has 0 saturated carbocycles. The van der Waals surface area contributed by atoms with Gasteiger partial charge in [-0.25, -0.2) is 9.78 Å². The molecule has 1 atom stereocenters. The molecule has 0 spiro atoms. The highest BCUT2D eigenvalue weighted by atomic mass is 32.1. The van der Waals surface area contributed by atoms with Gasteiger partial charge in [0.05, 0.1) is 5.01 Å². The molecule has 2 rings (SSSR count). The van der Waals surface area contributed by atoms with Crippen LogP contribution in [0.25, 0.3) is 0 Å². The summed E-state index contributed by atoms with van der Waals surface area (Å²) in [6.07, 6.45) is 3.41. The quantitative estimate of drug-likeness (QED) is 0.894. The van der Waals surface area contributed by atoms with E-state index in [-0.39, 0.29) is 5.69 Å². The molecule has 5 heteroatoms. The molecule has 1 aromatic heterocycles. The summed E-state index contributed by atoms with van der Waals surface area (Å²) in [5, 5.41) is 11.4. The van der Waals surface area contributed by atoms with Crippen LogP contribution in [-0.2, 0) is 6.42 Å². The van der Waals surface area contributed by atoms with Gasteiger partial charge in [-0.2, -0.15) is 0 Å². The van der Waals surface area contributed by atoms with Gasteiger partial charge < -0.3 is 10.0 Å². The van der Waals surface area contributed by atoms with Crippen LogP contribution in [0.4, 0.5) is 0 Å². The van der Waals surface area contributed by atoms with Crippen LogP contribution in [0.2, 0.25) is 0 Å². The summed E-state index contributed by atoms with van der Waals surface area (Å²) in [5.41, 5.74) is 0.188. The lowest BCUT2D eigenvalue weighted by molar-refractivity contribution is 0.0691. The number of hydrogen-bond acceptors (Lipinski definition) is 4. The van der Waals surface area contributed by atoms with Crippen LogP contribution in [0, 0.1) is 5.92 Å². The van der Waals surface area contributed by atoms with Gasteiger partial charge in [0.15, 0.2) is 5.69 Å². The molecule has 0 radical (unpaired) electrons. The van der Waals surface area contributed by atoms with Gasteiger partial charge in [-0.15, -0.1) is 11.3 Å². The van der Waals surface area contributed by atoms with Crippen molar-refractivity contribution in [3.8, 4) is 0 Å². The van der Waals surface area contributed by atoms with Crippen LogP contribution in [0.15, 0.2) is 5.38 Å². The standard InChI is InChI=1S/C12H18N2O2S/c1-2-14-5-3-4-9(7-14)6-11-13-10(8-17-11)12(15)16/h8-9H,2-7H2,1H3,(H,15,16). The SMILES string of the molecule is CCN1CCCC(Cc2nc(C(=O)O)cs2)C1.